The van der Waals surface area contributed by atoms with E-state index >= 15 is 0 Å². The fourth-order valence-corrected chi connectivity index (χ4v) is 2.23. The average molecular weight is 295 g/mol. The predicted molar refractivity (Wildman–Crippen MR) is 80.6 cm³/mol. The van der Waals surface area contributed by atoms with Crippen LogP contribution >= 0.6 is 0 Å². The fraction of sp³-hybridized carbons (Fsp3) is 0.625. The van der Waals surface area contributed by atoms with E-state index in [0.717, 1.165) is 11.3 Å². The molecule has 21 heavy (non-hydrogen) atoms. The molecule has 2 unspecified atom stereocenters. The SMILES string of the molecule is CCOCC(NCC(O)c1ccc2c(c1)OCO2)C(C)C. The van der Waals surface area contributed by atoms with Crippen molar-refractivity contribution in [2.75, 3.05) is 26.6 Å². The van der Waals surface area contributed by atoms with E-state index in [-0.39, 0.29) is 12.8 Å². The van der Waals surface area contributed by atoms with Gasteiger partial charge in [0, 0.05) is 19.2 Å². The number of nitrogens with one attached hydrogen (secondary N) is 1. The first-order valence-corrected chi connectivity index (χ1v) is 7.50. The van der Waals surface area contributed by atoms with Crippen LogP contribution in [0.4, 0.5) is 0 Å². The lowest BCUT2D eigenvalue weighted by Crippen LogP contribution is -2.40. The summed E-state index contributed by atoms with van der Waals surface area (Å²) in [5.74, 6) is 1.87. The summed E-state index contributed by atoms with van der Waals surface area (Å²) in [7, 11) is 0. The molecular formula is C16H25NO4. The summed E-state index contributed by atoms with van der Waals surface area (Å²) in [6.45, 7) is 8.36. The summed E-state index contributed by atoms with van der Waals surface area (Å²) in [6, 6.07) is 5.77. The van der Waals surface area contributed by atoms with Gasteiger partial charge in [0.15, 0.2) is 11.5 Å². The second-order valence-corrected chi connectivity index (χ2v) is 5.55. The Morgan fingerprint density at radius 2 is 2.05 bits per heavy atom. The van der Waals surface area contributed by atoms with Crippen LogP contribution in [0.15, 0.2) is 18.2 Å². The van der Waals surface area contributed by atoms with Crippen molar-refractivity contribution in [3.8, 4) is 11.5 Å². The molecule has 5 heteroatoms. The van der Waals surface area contributed by atoms with Gasteiger partial charge in [-0.1, -0.05) is 19.9 Å². The largest absolute Gasteiger partial charge is 0.454 e. The molecule has 1 heterocycles. The molecule has 0 bridgehead atoms. The zero-order valence-corrected chi connectivity index (χ0v) is 13.0. The van der Waals surface area contributed by atoms with Crippen LogP contribution in [0.1, 0.15) is 32.4 Å². The molecule has 2 atom stereocenters. The molecule has 0 saturated carbocycles. The van der Waals surface area contributed by atoms with Crippen molar-refractivity contribution in [3.63, 3.8) is 0 Å². The first kappa shape index (κ1) is 16.1. The van der Waals surface area contributed by atoms with Crippen LogP contribution in [0, 0.1) is 5.92 Å². The Hall–Kier alpha value is -1.30. The lowest BCUT2D eigenvalue weighted by Gasteiger charge is -2.24. The third-order valence-corrected chi connectivity index (χ3v) is 3.66. The fourth-order valence-electron chi connectivity index (χ4n) is 2.23. The van der Waals surface area contributed by atoms with Gasteiger partial charge in [-0.2, -0.15) is 0 Å². The maximum absolute atomic E-state index is 10.3. The van der Waals surface area contributed by atoms with Gasteiger partial charge in [0.25, 0.3) is 0 Å². The maximum atomic E-state index is 10.3. The number of ether oxygens (including phenoxy) is 3. The molecule has 0 spiro atoms. The van der Waals surface area contributed by atoms with Gasteiger partial charge in [-0.25, -0.2) is 0 Å². The highest BCUT2D eigenvalue weighted by molar-refractivity contribution is 5.45. The third-order valence-electron chi connectivity index (χ3n) is 3.66. The van der Waals surface area contributed by atoms with Crippen LogP contribution in [0.2, 0.25) is 0 Å². The quantitative estimate of drug-likeness (QED) is 0.769. The van der Waals surface area contributed by atoms with Crippen molar-refractivity contribution >= 4 is 0 Å². The van der Waals surface area contributed by atoms with Crippen molar-refractivity contribution in [2.24, 2.45) is 5.92 Å². The van der Waals surface area contributed by atoms with E-state index in [1.54, 1.807) is 0 Å². The molecule has 118 valence electrons. The molecule has 0 radical (unpaired) electrons. The van der Waals surface area contributed by atoms with Gasteiger partial charge in [0.1, 0.15) is 0 Å². The smallest absolute Gasteiger partial charge is 0.231 e. The topological polar surface area (TPSA) is 60.0 Å². The minimum atomic E-state index is -0.581. The van der Waals surface area contributed by atoms with Gasteiger partial charge in [-0.15, -0.1) is 0 Å². The first-order valence-electron chi connectivity index (χ1n) is 7.50. The Morgan fingerprint density at radius 3 is 2.76 bits per heavy atom. The Labute approximate surface area is 126 Å². The van der Waals surface area contributed by atoms with Gasteiger partial charge >= 0.3 is 0 Å². The van der Waals surface area contributed by atoms with Crippen LogP contribution in [-0.4, -0.2) is 37.7 Å². The maximum Gasteiger partial charge on any atom is 0.231 e. The van der Waals surface area contributed by atoms with E-state index in [1.165, 1.54) is 0 Å². The normalized spacial score (nSPS) is 16.2. The number of hydrogen-bond acceptors (Lipinski definition) is 5. The lowest BCUT2D eigenvalue weighted by molar-refractivity contribution is 0.0969. The Balaban J connectivity index is 1.89. The van der Waals surface area contributed by atoms with Gasteiger partial charge in [-0.3, -0.25) is 0 Å². The Kier molecular flexibility index (Phi) is 5.85. The van der Waals surface area contributed by atoms with E-state index in [2.05, 4.69) is 19.2 Å². The van der Waals surface area contributed by atoms with E-state index in [4.69, 9.17) is 14.2 Å². The number of fused-ring (bicyclic) bond motifs is 1. The van der Waals surface area contributed by atoms with Crippen molar-refractivity contribution in [2.45, 2.75) is 32.9 Å². The zero-order chi connectivity index (χ0) is 15.2. The molecule has 0 fully saturated rings. The van der Waals surface area contributed by atoms with Crippen LogP contribution in [-0.2, 0) is 4.74 Å². The molecule has 0 amide bonds. The average Bonchev–Trinajstić information content (AvgIpc) is 2.93. The molecule has 1 aromatic rings. The third kappa shape index (κ3) is 4.33. The van der Waals surface area contributed by atoms with Crippen molar-refractivity contribution in [3.05, 3.63) is 23.8 Å². The molecule has 1 aliphatic heterocycles. The van der Waals surface area contributed by atoms with Gasteiger partial charge < -0.3 is 24.6 Å². The van der Waals surface area contributed by atoms with Gasteiger partial charge in [-0.05, 0) is 30.5 Å². The molecule has 0 saturated heterocycles. The number of aliphatic hydroxyl groups excluding tert-OH is 1. The van der Waals surface area contributed by atoms with Crippen LogP contribution in [0.5, 0.6) is 11.5 Å². The monoisotopic (exact) mass is 295 g/mol. The highest BCUT2D eigenvalue weighted by atomic mass is 16.7. The Morgan fingerprint density at radius 1 is 1.29 bits per heavy atom. The molecular weight excluding hydrogens is 270 g/mol. The zero-order valence-electron chi connectivity index (χ0n) is 13.0. The molecule has 1 aromatic carbocycles. The van der Waals surface area contributed by atoms with Crippen molar-refractivity contribution < 1.29 is 19.3 Å². The number of aliphatic hydroxyl groups is 1. The molecule has 1 aliphatic rings. The summed E-state index contributed by atoms with van der Waals surface area (Å²) in [5.41, 5.74) is 0.825. The minimum absolute atomic E-state index is 0.230. The highest BCUT2D eigenvalue weighted by Crippen LogP contribution is 2.34. The van der Waals surface area contributed by atoms with E-state index in [0.29, 0.717) is 31.4 Å². The number of rotatable bonds is 8. The number of benzene rings is 1. The van der Waals surface area contributed by atoms with E-state index in [9.17, 15) is 5.11 Å². The van der Waals surface area contributed by atoms with Crippen LogP contribution < -0.4 is 14.8 Å². The molecule has 5 nitrogen and oxygen atoms in total. The second kappa shape index (κ2) is 7.64. The van der Waals surface area contributed by atoms with E-state index in [1.807, 2.05) is 25.1 Å². The molecule has 0 aliphatic carbocycles. The standard InChI is InChI=1S/C16H25NO4/c1-4-19-9-13(11(2)3)17-8-14(18)12-5-6-15-16(7-12)21-10-20-15/h5-7,11,13-14,17-18H,4,8-10H2,1-3H3. The number of hydrogen-bond donors (Lipinski definition) is 2. The van der Waals surface area contributed by atoms with Crippen LogP contribution in [0.25, 0.3) is 0 Å². The van der Waals surface area contributed by atoms with Gasteiger partial charge in [0.05, 0.1) is 12.7 Å². The minimum Gasteiger partial charge on any atom is -0.454 e. The summed E-state index contributed by atoms with van der Waals surface area (Å²) in [4.78, 5) is 0. The molecule has 0 aromatic heterocycles. The van der Waals surface area contributed by atoms with Crippen molar-refractivity contribution in [1.29, 1.82) is 0 Å². The summed E-state index contributed by atoms with van der Waals surface area (Å²) >= 11 is 0. The summed E-state index contributed by atoms with van der Waals surface area (Å²) in [5, 5.41) is 13.7. The second-order valence-electron chi connectivity index (χ2n) is 5.55. The van der Waals surface area contributed by atoms with Gasteiger partial charge in [0.2, 0.25) is 6.79 Å². The Bertz CT molecular complexity index is 450. The molecule has 2 rings (SSSR count). The summed E-state index contributed by atoms with van der Waals surface area (Å²) in [6.07, 6.45) is -0.581. The molecule has 2 N–H and O–H groups in total. The van der Waals surface area contributed by atoms with Crippen molar-refractivity contribution in [1.82, 2.24) is 5.32 Å². The van der Waals surface area contributed by atoms with Crippen LogP contribution in [0.3, 0.4) is 0 Å². The van der Waals surface area contributed by atoms with E-state index < -0.39 is 6.10 Å². The lowest BCUT2D eigenvalue weighted by atomic mass is 10.0. The highest BCUT2D eigenvalue weighted by Gasteiger charge is 2.18. The predicted octanol–water partition coefficient (Wildman–Crippen LogP) is 2.10. The summed E-state index contributed by atoms with van der Waals surface area (Å²) < 4.78 is 16.1. The first-order chi connectivity index (χ1) is 10.1.